The summed E-state index contributed by atoms with van der Waals surface area (Å²) in [4.78, 5) is 16.3. The number of hydrogen-bond acceptors (Lipinski definition) is 3. The number of carbonyl (C=O) groups excluding carboxylic acids is 1. The van der Waals surface area contributed by atoms with E-state index in [1.54, 1.807) is 12.1 Å². The van der Waals surface area contributed by atoms with Crippen LogP contribution in [-0.2, 0) is 5.67 Å². The van der Waals surface area contributed by atoms with E-state index in [1.165, 1.54) is 13.3 Å². The minimum absolute atomic E-state index is 0.105. The molecular weight excluding hydrogens is 306 g/mol. The van der Waals surface area contributed by atoms with Gasteiger partial charge in [-0.1, -0.05) is 0 Å². The van der Waals surface area contributed by atoms with E-state index in [1.807, 2.05) is 0 Å². The van der Waals surface area contributed by atoms with Gasteiger partial charge < -0.3 is 9.64 Å². The molecule has 2 heterocycles. The van der Waals surface area contributed by atoms with Crippen LogP contribution in [0.15, 0.2) is 18.3 Å². The lowest BCUT2D eigenvalue weighted by atomic mass is 9.89. The highest BCUT2D eigenvalue weighted by atomic mass is 19.4. The Hall–Kier alpha value is -2.06. The van der Waals surface area contributed by atoms with Crippen LogP contribution in [0.5, 0.6) is 5.75 Å². The molecule has 0 aromatic carbocycles. The Morgan fingerprint density at radius 1 is 1.41 bits per heavy atom. The molecule has 2 rings (SSSR count). The first kappa shape index (κ1) is 16.3. The molecule has 1 aliphatic rings. The molecule has 1 aromatic heterocycles. The molecule has 1 aliphatic heterocycles. The Bertz CT molecular complexity index is 542. The Kier molecular flexibility index (Phi) is 4.43. The van der Waals surface area contributed by atoms with Gasteiger partial charge in [-0.15, -0.1) is 0 Å². The van der Waals surface area contributed by atoms with Gasteiger partial charge in [0.15, 0.2) is 5.67 Å². The second-order valence-electron chi connectivity index (χ2n) is 4.93. The smallest absolute Gasteiger partial charge is 0.485 e. The lowest BCUT2D eigenvalue weighted by molar-refractivity contribution is -0.147. The number of nitrogens with one attached hydrogen (secondary N) is 1. The van der Waals surface area contributed by atoms with E-state index in [9.17, 15) is 18.0 Å². The summed E-state index contributed by atoms with van der Waals surface area (Å²) in [6.45, 7) is -0.281. The molecule has 5 nitrogen and oxygen atoms in total. The van der Waals surface area contributed by atoms with Gasteiger partial charge >= 0.3 is 12.3 Å². The molecule has 0 aliphatic carbocycles. The third-order valence-electron chi connectivity index (χ3n) is 3.51. The minimum atomic E-state index is -4.80. The van der Waals surface area contributed by atoms with Crippen molar-refractivity contribution in [3.63, 3.8) is 0 Å². The summed E-state index contributed by atoms with van der Waals surface area (Å²) in [5.41, 5.74) is -1.73. The van der Waals surface area contributed by atoms with E-state index in [0.717, 1.165) is 10.2 Å². The van der Waals surface area contributed by atoms with Gasteiger partial charge in [-0.3, -0.25) is 4.98 Å². The first-order valence-electron chi connectivity index (χ1n) is 6.57. The zero-order valence-corrected chi connectivity index (χ0v) is 11.8. The number of piperidine rings is 1. The number of methoxy groups -OCH3 is 1. The molecule has 122 valence electrons. The summed E-state index contributed by atoms with van der Waals surface area (Å²) in [5.74, 6) is 0.276. The summed E-state index contributed by atoms with van der Waals surface area (Å²) < 4.78 is 56.4. The molecule has 1 aromatic rings. The number of halogens is 4. The van der Waals surface area contributed by atoms with Crippen molar-refractivity contribution in [3.8, 4) is 5.75 Å². The number of rotatable bonds is 2. The Morgan fingerprint density at radius 2 is 2.05 bits per heavy atom. The molecule has 0 radical (unpaired) electrons. The van der Waals surface area contributed by atoms with Crippen molar-refractivity contribution in [3.05, 3.63) is 24.0 Å². The van der Waals surface area contributed by atoms with Gasteiger partial charge in [-0.2, -0.15) is 13.2 Å². The number of likely N-dealkylation sites (tertiary alicyclic amines) is 1. The van der Waals surface area contributed by atoms with Crippen molar-refractivity contribution in [1.29, 1.82) is 0 Å². The number of ether oxygens (including phenoxy) is 1. The molecule has 0 atom stereocenters. The third kappa shape index (κ3) is 3.58. The molecule has 0 bridgehead atoms. The van der Waals surface area contributed by atoms with Crippen LogP contribution in [-0.4, -0.2) is 42.4 Å². The maximum absolute atomic E-state index is 15.0. The van der Waals surface area contributed by atoms with Crippen molar-refractivity contribution in [2.24, 2.45) is 0 Å². The molecule has 1 saturated heterocycles. The number of nitrogens with zero attached hydrogens (tertiary/aromatic N) is 2. The maximum atomic E-state index is 15.0. The van der Waals surface area contributed by atoms with Gasteiger partial charge in [0.2, 0.25) is 0 Å². The molecule has 22 heavy (non-hydrogen) atoms. The predicted molar refractivity (Wildman–Crippen MR) is 69.0 cm³/mol. The quantitative estimate of drug-likeness (QED) is 0.673. The normalized spacial score (nSPS) is 18.0. The van der Waals surface area contributed by atoms with E-state index >= 15 is 4.39 Å². The predicted octanol–water partition coefficient (Wildman–Crippen LogP) is 2.58. The topological polar surface area (TPSA) is 54.5 Å². The number of aromatic nitrogens is 1. The molecule has 0 spiro atoms. The fraction of sp³-hybridized carbons (Fsp3) is 0.538. The highest BCUT2D eigenvalue weighted by Crippen LogP contribution is 2.40. The largest absolute Gasteiger partial charge is 0.495 e. The maximum Gasteiger partial charge on any atom is 0.485 e. The lowest BCUT2D eigenvalue weighted by Gasteiger charge is -2.36. The minimum Gasteiger partial charge on any atom is -0.495 e. The molecule has 0 saturated carbocycles. The number of carbonyl (C=O) groups is 1. The zero-order chi connectivity index (χ0) is 16.4. The fourth-order valence-electron chi connectivity index (χ4n) is 2.39. The molecular formula is C13H15F4N3O2. The Morgan fingerprint density at radius 3 is 2.59 bits per heavy atom. The van der Waals surface area contributed by atoms with Crippen molar-refractivity contribution in [1.82, 2.24) is 15.2 Å². The van der Waals surface area contributed by atoms with E-state index in [4.69, 9.17) is 4.74 Å². The Labute approximate surface area is 124 Å². The first-order valence-corrected chi connectivity index (χ1v) is 6.57. The molecule has 0 unspecified atom stereocenters. The van der Waals surface area contributed by atoms with Gasteiger partial charge in [-0.25, -0.2) is 14.5 Å². The van der Waals surface area contributed by atoms with Crippen molar-refractivity contribution < 1.29 is 27.1 Å². The highest BCUT2D eigenvalue weighted by Gasteiger charge is 2.42. The summed E-state index contributed by atoms with van der Waals surface area (Å²) >= 11 is 0. The standard InChI is InChI=1S/C13H15F4N3O2/c1-22-9-3-2-6-18-10(9)12(14)4-7-20(8-5-12)11(21)19-13(15,16)17/h2-3,6H,4-5,7-8H2,1H3,(H,19,21). The number of alkyl halides is 4. The van der Waals surface area contributed by atoms with Crippen molar-refractivity contribution in [2.75, 3.05) is 20.2 Å². The van der Waals surface area contributed by atoms with Gasteiger partial charge in [0, 0.05) is 32.1 Å². The summed E-state index contributed by atoms with van der Waals surface area (Å²) in [6.07, 6.45) is -3.68. The molecule has 1 fully saturated rings. The van der Waals surface area contributed by atoms with Gasteiger partial charge in [-0.05, 0) is 12.1 Å². The third-order valence-corrected chi connectivity index (χ3v) is 3.51. The first-order chi connectivity index (χ1) is 10.2. The molecule has 2 amide bonds. The number of pyridine rings is 1. The second kappa shape index (κ2) is 5.98. The van der Waals surface area contributed by atoms with Crippen LogP contribution >= 0.6 is 0 Å². The van der Waals surface area contributed by atoms with Crippen LogP contribution in [0.1, 0.15) is 18.5 Å². The van der Waals surface area contributed by atoms with E-state index < -0.39 is 18.0 Å². The van der Waals surface area contributed by atoms with Crippen LogP contribution in [0.3, 0.4) is 0 Å². The summed E-state index contributed by atoms with van der Waals surface area (Å²) in [5, 5.41) is 0.903. The van der Waals surface area contributed by atoms with Gasteiger partial charge in [0.25, 0.3) is 0 Å². The van der Waals surface area contributed by atoms with Crippen molar-refractivity contribution in [2.45, 2.75) is 24.8 Å². The number of hydrogen-bond donors (Lipinski definition) is 1. The second-order valence-corrected chi connectivity index (χ2v) is 4.93. The van der Waals surface area contributed by atoms with Crippen LogP contribution in [0, 0.1) is 0 Å². The van der Waals surface area contributed by atoms with E-state index in [2.05, 4.69) is 4.98 Å². The van der Waals surface area contributed by atoms with Crippen LogP contribution < -0.4 is 10.1 Å². The fourth-order valence-corrected chi connectivity index (χ4v) is 2.39. The van der Waals surface area contributed by atoms with Gasteiger partial charge in [0.05, 0.1) is 7.11 Å². The van der Waals surface area contributed by atoms with Crippen LogP contribution in [0.25, 0.3) is 0 Å². The van der Waals surface area contributed by atoms with Crippen LogP contribution in [0.4, 0.5) is 22.4 Å². The highest BCUT2D eigenvalue weighted by molar-refractivity contribution is 5.74. The van der Waals surface area contributed by atoms with Gasteiger partial charge in [0.1, 0.15) is 11.4 Å². The summed E-state index contributed by atoms with van der Waals surface area (Å²) in [6, 6.07) is 1.88. The number of amides is 2. The average molecular weight is 321 g/mol. The monoisotopic (exact) mass is 321 g/mol. The summed E-state index contributed by atoms with van der Waals surface area (Å²) in [7, 11) is 1.38. The zero-order valence-electron chi connectivity index (χ0n) is 11.8. The molecule has 9 heteroatoms. The average Bonchev–Trinajstić information content (AvgIpc) is 2.46. The van der Waals surface area contributed by atoms with E-state index in [-0.39, 0.29) is 37.4 Å². The molecule has 1 N–H and O–H groups in total. The SMILES string of the molecule is COc1cccnc1C1(F)CCN(C(=O)NC(F)(F)F)CC1. The van der Waals surface area contributed by atoms with Crippen LogP contribution in [0.2, 0.25) is 0 Å². The Balaban J connectivity index is 2.06. The number of urea groups is 1. The van der Waals surface area contributed by atoms with Crippen molar-refractivity contribution >= 4 is 6.03 Å². The van der Waals surface area contributed by atoms with E-state index in [0.29, 0.717) is 0 Å². The lowest BCUT2D eigenvalue weighted by Crippen LogP contribution is -2.51.